The summed E-state index contributed by atoms with van der Waals surface area (Å²) in [5, 5.41) is 7.13. The molecule has 1 aliphatic heterocycles. The molecule has 0 aromatic carbocycles. The van der Waals surface area contributed by atoms with Crippen LogP contribution >= 0.6 is 35.7 Å². The summed E-state index contributed by atoms with van der Waals surface area (Å²) in [6.45, 7) is 9.94. The molecule has 22 heavy (non-hydrogen) atoms. The summed E-state index contributed by atoms with van der Waals surface area (Å²) >= 11 is 1.81. The van der Waals surface area contributed by atoms with Gasteiger partial charge in [-0.25, -0.2) is 4.79 Å². The van der Waals surface area contributed by atoms with Gasteiger partial charge in [-0.3, -0.25) is 4.99 Å². The van der Waals surface area contributed by atoms with Crippen LogP contribution in [0.25, 0.3) is 0 Å². The van der Waals surface area contributed by atoms with Crippen LogP contribution in [0.4, 0.5) is 4.79 Å². The molecule has 1 saturated heterocycles. The van der Waals surface area contributed by atoms with E-state index in [9.17, 15) is 4.79 Å². The maximum Gasteiger partial charge on any atom is 0.410 e. The van der Waals surface area contributed by atoms with Crippen LogP contribution in [0.2, 0.25) is 0 Å². The molecule has 2 N–H and O–H groups in total. The summed E-state index contributed by atoms with van der Waals surface area (Å²) in [6.07, 6.45) is 1.84. The molecular formula is C14H29IN4O2S. The number of halogens is 1. The summed E-state index contributed by atoms with van der Waals surface area (Å²) in [6, 6.07) is 0.230. The van der Waals surface area contributed by atoms with Crippen molar-refractivity contribution in [1.82, 2.24) is 15.5 Å². The Labute approximate surface area is 155 Å². The van der Waals surface area contributed by atoms with Gasteiger partial charge in [-0.15, -0.1) is 24.0 Å². The molecule has 130 valence electrons. The van der Waals surface area contributed by atoms with Crippen molar-refractivity contribution in [3.05, 3.63) is 0 Å². The molecule has 1 aliphatic rings. The number of aliphatic imine (C=N–C) groups is 1. The van der Waals surface area contributed by atoms with E-state index in [0.717, 1.165) is 12.5 Å². The number of nitrogens with zero attached hydrogens (tertiary/aromatic N) is 2. The molecule has 6 nitrogen and oxygen atoms in total. The number of ether oxygens (including phenoxy) is 1. The Kier molecular flexibility index (Phi) is 9.52. The first kappa shape index (κ1) is 21.6. The van der Waals surface area contributed by atoms with Crippen molar-refractivity contribution in [2.24, 2.45) is 4.99 Å². The van der Waals surface area contributed by atoms with E-state index in [2.05, 4.69) is 28.8 Å². The highest BCUT2D eigenvalue weighted by Crippen LogP contribution is 2.15. The summed E-state index contributed by atoms with van der Waals surface area (Å²) in [5.74, 6) is 0.782. The number of thioether (sulfide) groups is 1. The minimum Gasteiger partial charge on any atom is -0.444 e. The second-order valence-electron chi connectivity index (χ2n) is 6.23. The van der Waals surface area contributed by atoms with Gasteiger partial charge in [0, 0.05) is 31.9 Å². The van der Waals surface area contributed by atoms with Crippen LogP contribution < -0.4 is 10.6 Å². The highest BCUT2D eigenvalue weighted by atomic mass is 127. The molecular weight excluding hydrogens is 415 g/mol. The fourth-order valence-corrected chi connectivity index (χ4v) is 2.01. The number of rotatable bonds is 4. The zero-order valence-electron chi connectivity index (χ0n) is 14.3. The Morgan fingerprint density at radius 2 is 2.05 bits per heavy atom. The molecule has 0 aromatic rings. The molecule has 0 radical (unpaired) electrons. The summed E-state index contributed by atoms with van der Waals surface area (Å²) < 4.78 is 5.33. The molecule has 0 saturated carbocycles. The Hall–Kier alpha value is -0.380. The summed E-state index contributed by atoms with van der Waals surface area (Å²) in [4.78, 5) is 17.7. The molecule has 1 fully saturated rings. The molecule has 8 heteroatoms. The predicted molar refractivity (Wildman–Crippen MR) is 104 cm³/mol. The lowest BCUT2D eigenvalue weighted by Crippen LogP contribution is -2.63. The third-order valence-corrected chi connectivity index (χ3v) is 4.03. The van der Waals surface area contributed by atoms with Crippen LogP contribution in [-0.4, -0.2) is 66.8 Å². The third kappa shape index (κ3) is 7.75. The SMILES string of the molecule is CN=C(NCC(C)SC)NC1CN(C(=O)OC(C)(C)C)C1.I. The smallest absolute Gasteiger partial charge is 0.410 e. The molecule has 1 atom stereocenters. The summed E-state index contributed by atoms with van der Waals surface area (Å²) in [5.41, 5.74) is -0.443. The molecule has 1 heterocycles. The van der Waals surface area contributed by atoms with Crippen molar-refractivity contribution < 1.29 is 9.53 Å². The van der Waals surface area contributed by atoms with Crippen LogP contribution in [0.5, 0.6) is 0 Å². The first-order valence-corrected chi connectivity index (χ1v) is 8.52. The Morgan fingerprint density at radius 1 is 1.45 bits per heavy atom. The van der Waals surface area contributed by atoms with E-state index in [-0.39, 0.29) is 36.1 Å². The first-order valence-electron chi connectivity index (χ1n) is 7.23. The molecule has 0 aromatic heterocycles. The molecule has 1 rings (SSSR count). The number of carbonyl (C=O) groups is 1. The molecule has 1 amide bonds. The van der Waals surface area contributed by atoms with E-state index >= 15 is 0 Å². The highest BCUT2D eigenvalue weighted by Gasteiger charge is 2.34. The van der Waals surface area contributed by atoms with Crippen LogP contribution in [0.15, 0.2) is 4.99 Å². The van der Waals surface area contributed by atoms with E-state index in [1.807, 2.05) is 32.5 Å². The second-order valence-corrected chi connectivity index (χ2v) is 7.50. The standard InChI is InChI=1S/C14H28N4O2S.HI/c1-10(21-6)7-16-12(15-5)17-11-8-18(9-11)13(19)20-14(2,3)4;/h10-11H,7-9H2,1-6H3,(H2,15,16,17);1H. The minimum atomic E-state index is -0.443. The Bertz CT molecular complexity index is 382. The second kappa shape index (κ2) is 9.69. The van der Waals surface area contributed by atoms with Crippen molar-refractivity contribution in [2.45, 2.75) is 44.6 Å². The summed E-state index contributed by atoms with van der Waals surface area (Å²) in [7, 11) is 1.75. The third-order valence-electron chi connectivity index (χ3n) is 3.06. The zero-order chi connectivity index (χ0) is 16.0. The fourth-order valence-electron chi connectivity index (χ4n) is 1.76. The van der Waals surface area contributed by atoms with Crippen molar-refractivity contribution in [3.8, 4) is 0 Å². The van der Waals surface area contributed by atoms with Crippen LogP contribution in [0.3, 0.4) is 0 Å². The van der Waals surface area contributed by atoms with E-state index < -0.39 is 5.60 Å². The number of hydrogen-bond donors (Lipinski definition) is 2. The van der Waals surface area contributed by atoms with E-state index in [0.29, 0.717) is 18.3 Å². The van der Waals surface area contributed by atoms with Gasteiger partial charge >= 0.3 is 6.09 Å². The zero-order valence-corrected chi connectivity index (χ0v) is 17.5. The normalized spacial score (nSPS) is 17.2. The van der Waals surface area contributed by atoms with Gasteiger partial charge in [0.2, 0.25) is 0 Å². The average molecular weight is 444 g/mol. The lowest BCUT2D eigenvalue weighted by molar-refractivity contribution is 0.00701. The lowest BCUT2D eigenvalue weighted by atomic mass is 10.1. The number of guanidine groups is 1. The largest absolute Gasteiger partial charge is 0.444 e. The van der Waals surface area contributed by atoms with Crippen LogP contribution in [-0.2, 0) is 4.74 Å². The van der Waals surface area contributed by atoms with Gasteiger partial charge in [0.05, 0.1) is 6.04 Å². The quantitative estimate of drug-likeness (QED) is 0.395. The number of likely N-dealkylation sites (tertiary alicyclic amines) is 1. The van der Waals surface area contributed by atoms with Crippen molar-refractivity contribution in [3.63, 3.8) is 0 Å². The maximum atomic E-state index is 11.8. The number of nitrogens with one attached hydrogen (secondary N) is 2. The van der Waals surface area contributed by atoms with E-state index in [4.69, 9.17) is 4.74 Å². The van der Waals surface area contributed by atoms with Gasteiger partial charge in [0.15, 0.2) is 5.96 Å². The number of hydrogen-bond acceptors (Lipinski definition) is 4. The lowest BCUT2D eigenvalue weighted by Gasteiger charge is -2.40. The van der Waals surface area contributed by atoms with Gasteiger partial charge in [-0.1, -0.05) is 6.92 Å². The monoisotopic (exact) mass is 444 g/mol. The number of amides is 1. The fraction of sp³-hybridized carbons (Fsp3) is 0.857. The predicted octanol–water partition coefficient (Wildman–Crippen LogP) is 2.14. The van der Waals surface area contributed by atoms with E-state index in [1.165, 1.54) is 0 Å². The van der Waals surface area contributed by atoms with Crippen molar-refractivity contribution in [1.29, 1.82) is 0 Å². The van der Waals surface area contributed by atoms with Crippen LogP contribution in [0, 0.1) is 0 Å². The average Bonchev–Trinajstić information content (AvgIpc) is 2.33. The maximum absolute atomic E-state index is 11.8. The molecule has 1 unspecified atom stereocenters. The number of carbonyl (C=O) groups excluding carboxylic acids is 1. The van der Waals surface area contributed by atoms with Gasteiger partial charge in [0.1, 0.15) is 5.60 Å². The van der Waals surface area contributed by atoms with Gasteiger partial charge < -0.3 is 20.3 Å². The van der Waals surface area contributed by atoms with Gasteiger partial charge in [-0.05, 0) is 27.0 Å². The molecule has 0 spiro atoms. The first-order chi connectivity index (χ1) is 9.75. The Balaban J connectivity index is 0.00000441. The highest BCUT2D eigenvalue weighted by molar-refractivity contribution is 14.0. The van der Waals surface area contributed by atoms with Crippen molar-refractivity contribution >= 4 is 47.8 Å². The topological polar surface area (TPSA) is 66.0 Å². The molecule has 0 aliphatic carbocycles. The van der Waals surface area contributed by atoms with E-state index in [1.54, 1.807) is 11.9 Å². The minimum absolute atomic E-state index is 0. The Morgan fingerprint density at radius 3 is 2.50 bits per heavy atom. The van der Waals surface area contributed by atoms with Crippen molar-refractivity contribution in [2.75, 3.05) is 32.9 Å². The van der Waals surface area contributed by atoms with Gasteiger partial charge in [0.25, 0.3) is 0 Å². The molecule has 0 bridgehead atoms. The van der Waals surface area contributed by atoms with Gasteiger partial charge in [-0.2, -0.15) is 11.8 Å². The van der Waals surface area contributed by atoms with Crippen LogP contribution in [0.1, 0.15) is 27.7 Å².